The van der Waals surface area contributed by atoms with Crippen molar-refractivity contribution in [3.63, 3.8) is 0 Å². The van der Waals surface area contributed by atoms with Gasteiger partial charge in [0.05, 0.1) is 0 Å². The Hall–Kier alpha value is -2.39. The molecule has 15 heteroatoms. The molecule has 0 aliphatic heterocycles. The third kappa shape index (κ3) is 18.7. The Labute approximate surface area is 176 Å². The van der Waals surface area contributed by atoms with Crippen molar-refractivity contribution in [3.05, 3.63) is 4.91 Å². The van der Waals surface area contributed by atoms with Crippen molar-refractivity contribution < 1.29 is 34.2 Å². The lowest BCUT2D eigenvalue weighted by atomic mass is 10.1. The second-order valence-electron chi connectivity index (χ2n) is 5.29. The van der Waals surface area contributed by atoms with Crippen LogP contribution in [0.15, 0.2) is 4.58 Å². The lowest BCUT2D eigenvalue weighted by Crippen LogP contribution is -2.49. The standard InChI is InChI=1S/C10H16N4O7S.C4H9NOS/c11-5(10(19)20)1-2-7(15)13-6(4-22-14-21)9(18)12-3-8(16)17;1-4(6)5-2-3-7/h5-6H,1-4,11H2,(H,12,18)(H,13,15)(H,16,17)(H,19,20);7H,2-3H2,1H3,(H,5,6). The molecule has 0 aromatic rings. The molecule has 2 unspecified atom stereocenters. The summed E-state index contributed by atoms with van der Waals surface area (Å²) in [5.41, 5.74) is 5.23. The van der Waals surface area contributed by atoms with Crippen LogP contribution in [-0.4, -0.2) is 76.6 Å². The van der Waals surface area contributed by atoms with E-state index >= 15 is 0 Å². The number of nitrogens with two attached hydrogens (primary N) is 1. The maximum absolute atomic E-state index is 11.7. The Kier molecular flexibility index (Phi) is 17.6. The third-order valence-electron chi connectivity index (χ3n) is 2.84. The van der Waals surface area contributed by atoms with Gasteiger partial charge in [-0.15, -0.1) is 4.91 Å². The maximum Gasteiger partial charge on any atom is 0.322 e. The van der Waals surface area contributed by atoms with Gasteiger partial charge < -0.3 is 31.9 Å². The summed E-state index contributed by atoms with van der Waals surface area (Å²) in [4.78, 5) is 64.3. The number of carbonyl (C=O) groups excluding carboxylic acids is 3. The Morgan fingerprint density at radius 1 is 1.17 bits per heavy atom. The minimum Gasteiger partial charge on any atom is -0.480 e. The molecule has 0 aromatic carbocycles. The van der Waals surface area contributed by atoms with Gasteiger partial charge >= 0.3 is 11.9 Å². The quantitative estimate of drug-likeness (QED) is 0.0951. The van der Waals surface area contributed by atoms with Gasteiger partial charge in [0, 0.05) is 47.9 Å². The first-order valence-electron chi connectivity index (χ1n) is 8.12. The first-order valence-corrected chi connectivity index (χ1v) is 9.69. The number of carbonyl (C=O) groups is 5. The van der Waals surface area contributed by atoms with Crippen molar-refractivity contribution in [1.82, 2.24) is 16.0 Å². The summed E-state index contributed by atoms with van der Waals surface area (Å²) in [6.07, 6.45) is -0.376. The second-order valence-corrected chi connectivity index (χ2v) is 6.48. The zero-order valence-electron chi connectivity index (χ0n) is 15.6. The number of nitrogens with one attached hydrogen (secondary N) is 3. The zero-order chi connectivity index (χ0) is 22.8. The van der Waals surface area contributed by atoms with Gasteiger partial charge in [0.2, 0.25) is 17.7 Å². The average molecular weight is 456 g/mol. The van der Waals surface area contributed by atoms with Crippen LogP contribution in [0.4, 0.5) is 0 Å². The summed E-state index contributed by atoms with van der Waals surface area (Å²) in [6.45, 7) is 1.51. The van der Waals surface area contributed by atoms with E-state index in [1.54, 1.807) is 0 Å². The lowest BCUT2D eigenvalue weighted by molar-refractivity contribution is -0.139. The van der Waals surface area contributed by atoms with Gasteiger partial charge in [-0.1, -0.05) is 0 Å². The smallest absolute Gasteiger partial charge is 0.322 e. The van der Waals surface area contributed by atoms with Crippen molar-refractivity contribution in [2.45, 2.75) is 31.8 Å². The van der Waals surface area contributed by atoms with E-state index in [-0.39, 0.29) is 24.5 Å². The van der Waals surface area contributed by atoms with Crippen LogP contribution in [-0.2, 0) is 24.0 Å². The second kappa shape index (κ2) is 17.7. The highest BCUT2D eigenvalue weighted by Gasteiger charge is 2.22. The van der Waals surface area contributed by atoms with Gasteiger partial charge in [0.25, 0.3) is 0 Å². The highest BCUT2D eigenvalue weighted by atomic mass is 32.2. The van der Waals surface area contributed by atoms with E-state index in [1.165, 1.54) is 6.92 Å². The van der Waals surface area contributed by atoms with Crippen molar-refractivity contribution in [1.29, 1.82) is 0 Å². The van der Waals surface area contributed by atoms with E-state index < -0.39 is 42.4 Å². The molecule has 0 aromatic heterocycles. The van der Waals surface area contributed by atoms with E-state index in [0.29, 0.717) is 24.2 Å². The number of nitroso groups, excluding NO2 is 1. The first-order chi connectivity index (χ1) is 13.5. The van der Waals surface area contributed by atoms with Crippen molar-refractivity contribution >= 4 is 54.2 Å². The molecule has 0 rings (SSSR count). The molecule has 0 radical (unpaired) electrons. The molecule has 0 bridgehead atoms. The number of thiol groups is 1. The molecule has 29 heavy (non-hydrogen) atoms. The number of carboxylic acids is 2. The van der Waals surface area contributed by atoms with E-state index in [9.17, 15) is 28.9 Å². The molecule has 0 heterocycles. The topological polar surface area (TPSA) is 217 Å². The number of rotatable bonds is 13. The SMILES string of the molecule is CC(=O)NCCS.NC(CCC(=O)NC(CSN=O)C(=O)NCC(=O)O)C(=O)O. The van der Waals surface area contributed by atoms with Crippen LogP contribution < -0.4 is 21.7 Å². The van der Waals surface area contributed by atoms with Gasteiger partial charge in [-0.25, -0.2) is 0 Å². The highest BCUT2D eigenvalue weighted by molar-refractivity contribution is 7.97. The van der Waals surface area contributed by atoms with Crippen molar-refractivity contribution in [2.24, 2.45) is 10.3 Å². The zero-order valence-corrected chi connectivity index (χ0v) is 17.3. The summed E-state index contributed by atoms with van der Waals surface area (Å²) in [5.74, 6) is -3.45. The summed E-state index contributed by atoms with van der Waals surface area (Å²) in [6, 6.07) is -2.38. The number of aliphatic carboxylic acids is 2. The molecule has 0 saturated heterocycles. The molecule has 2 atom stereocenters. The summed E-state index contributed by atoms with van der Waals surface area (Å²) < 4.78 is 2.48. The van der Waals surface area contributed by atoms with Crippen molar-refractivity contribution in [3.8, 4) is 0 Å². The number of nitrogens with zero attached hydrogens (tertiary/aromatic N) is 1. The Balaban J connectivity index is 0. The van der Waals surface area contributed by atoms with Gasteiger partial charge in [0.15, 0.2) is 0 Å². The lowest BCUT2D eigenvalue weighted by Gasteiger charge is -2.16. The summed E-state index contributed by atoms with van der Waals surface area (Å²) in [5, 5.41) is 23.9. The first kappa shape index (κ1) is 28.8. The number of amides is 3. The fraction of sp³-hybridized carbons (Fsp3) is 0.643. The predicted molar refractivity (Wildman–Crippen MR) is 108 cm³/mol. The van der Waals surface area contributed by atoms with E-state index in [2.05, 4.69) is 33.2 Å². The van der Waals surface area contributed by atoms with Gasteiger partial charge in [-0.2, -0.15) is 12.6 Å². The monoisotopic (exact) mass is 455 g/mol. The Morgan fingerprint density at radius 2 is 1.79 bits per heavy atom. The van der Waals surface area contributed by atoms with E-state index in [1.807, 2.05) is 0 Å². The number of hydrogen-bond acceptors (Lipinski definition) is 10. The van der Waals surface area contributed by atoms with E-state index in [4.69, 9.17) is 15.9 Å². The molecular formula is C14H25N5O8S2. The van der Waals surface area contributed by atoms with Crippen LogP contribution in [0.1, 0.15) is 19.8 Å². The minimum atomic E-state index is -1.27. The maximum atomic E-state index is 11.7. The van der Waals surface area contributed by atoms with Crippen LogP contribution in [0.2, 0.25) is 0 Å². The van der Waals surface area contributed by atoms with Crippen LogP contribution in [0, 0.1) is 4.91 Å². The molecule has 3 amide bonds. The molecule has 0 aliphatic rings. The third-order valence-corrected chi connectivity index (χ3v) is 3.66. The van der Waals surface area contributed by atoms with Gasteiger partial charge in [-0.05, 0) is 6.42 Å². The molecule has 0 spiro atoms. The normalized spacial score (nSPS) is 11.7. The van der Waals surface area contributed by atoms with Gasteiger partial charge in [-0.3, -0.25) is 24.0 Å². The van der Waals surface area contributed by atoms with Crippen LogP contribution in [0.5, 0.6) is 0 Å². The number of carboxylic acid groups (broad SMARTS) is 2. The Morgan fingerprint density at radius 3 is 2.21 bits per heavy atom. The summed E-state index contributed by atoms with van der Waals surface area (Å²) >= 11 is 4.36. The fourth-order valence-electron chi connectivity index (χ4n) is 1.48. The molecule has 0 saturated carbocycles. The number of hydrogen-bond donors (Lipinski definition) is 7. The van der Waals surface area contributed by atoms with Crippen LogP contribution in [0.3, 0.4) is 0 Å². The van der Waals surface area contributed by atoms with Crippen molar-refractivity contribution in [2.75, 3.05) is 24.6 Å². The Bertz CT molecular complexity index is 578. The van der Waals surface area contributed by atoms with E-state index in [0.717, 1.165) is 0 Å². The molecule has 7 N–H and O–H groups in total. The largest absolute Gasteiger partial charge is 0.480 e. The predicted octanol–water partition coefficient (Wildman–Crippen LogP) is -1.67. The average Bonchev–Trinajstić information content (AvgIpc) is 2.65. The molecule has 0 fully saturated rings. The molecule has 0 aliphatic carbocycles. The highest BCUT2D eigenvalue weighted by Crippen LogP contribution is 2.05. The van der Waals surface area contributed by atoms with Gasteiger partial charge in [0.1, 0.15) is 18.6 Å². The van der Waals surface area contributed by atoms with Crippen LogP contribution in [0.25, 0.3) is 0 Å². The van der Waals surface area contributed by atoms with Crippen LogP contribution >= 0.6 is 24.6 Å². The minimum absolute atomic E-state index is 0.00838. The molecule has 13 nitrogen and oxygen atoms in total. The summed E-state index contributed by atoms with van der Waals surface area (Å²) in [7, 11) is 0. The molecule has 166 valence electrons. The fourth-order valence-corrected chi connectivity index (χ4v) is 2.04. The molecular weight excluding hydrogens is 430 g/mol.